The molecule has 0 spiro atoms. The molecular weight excluding hydrogens is 424 g/mol. The summed E-state index contributed by atoms with van der Waals surface area (Å²) < 4.78 is 1.97. The van der Waals surface area contributed by atoms with Crippen LogP contribution in [0.25, 0.3) is 22.5 Å². The maximum atomic E-state index is 13.0. The summed E-state index contributed by atoms with van der Waals surface area (Å²) in [5.74, 6) is 1.15. The zero-order valence-corrected chi connectivity index (χ0v) is 19.8. The molecule has 0 saturated heterocycles. The Balaban J connectivity index is 1.43. The minimum Gasteiger partial charge on any atom is -0.309 e. The minimum atomic E-state index is 0.0268. The molecule has 2 heterocycles. The summed E-state index contributed by atoms with van der Waals surface area (Å²) in [6, 6.07) is 16.5. The molecule has 0 atom stereocenters. The third-order valence-electron chi connectivity index (χ3n) is 7.04. The molecule has 1 aliphatic rings. The number of aromatic amines is 2. The van der Waals surface area contributed by atoms with E-state index in [1.54, 1.807) is 0 Å². The van der Waals surface area contributed by atoms with Gasteiger partial charge >= 0.3 is 5.69 Å². The highest BCUT2D eigenvalue weighted by Crippen LogP contribution is 2.34. The van der Waals surface area contributed by atoms with Gasteiger partial charge in [0, 0.05) is 22.9 Å². The summed E-state index contributed by atoms with van der Waals surface area (Å²) in [6.07, 6.45) is 9.39. The molecule has 4 aromatic rings. The van der Waals surface area contributed by atoms with Crippen LogP contribution in [0.5, 0.6) is 0 Å². The Morgan fingerprint density at radius 3 is 2.47 bits per heavy atom. The Morgan fingerprint density at radius 1 is 1.00 bits per heavy atom. The van der Waals surface area contributed by atoms with Gasteiger partial charge in [0.05, 0.1) is 6.54 Å². The van der Waals surface area contributed by atoms with Gasteiger partial charge in [-0.3, -0.25) is 4.57 Å². The maximum Gasteiger partial charge on any atom is 0.326 e. The molecule has 2 N–H and O–H groups in total. The van der Waals surface area contributed by atoms with Gasteiger partial charge in [-0.05, 0) is 52.8 Å². The normalized spacial score (nSPS) is 14.5. The number of nitrogens with one attached hydrogen (secondary N) is 2. The molecule has 7 nitrogen and oxygen atoms in total. The first-order valence-electron chi connectivity index (χ1n) is 12.5. The van der Waals surface area contributed by atoms with E-state index in [0.717, 1.165) is 41.5 Å². The summed E-state index contributed by atoms with van der Waals surface area (Å²) in [5.41, 5.74) is 6.67. The summed E-state index contributed by atoms with van der Waals surface area (Å²) in [6.45, 7) is 2.80. The van der Waals surface area contributed by atoms with Crippen molar-refractivity contribution in [3.05, 3.63) is 76.0 Å². The second-order valence-corrected chi connectivity index (χ2v) is 9.31. The van der Waals surface area contributed by atoms with Gasteiger partial charge in [0.25, 0.3) is 0 Å². The number of unbranched alkanes of at least 4 members (excludes halogenated alkanes) is 1. The van der Waals surface area contributed by atoms with E-state index < -0.39 is 0 Å². The van der Waals surface area contributed by atoms with Crippen molar-refractivity contribution in [1.29, 1.82) is 0 Å². The van der Waals surface area contributed by atoms with Gasteiger partial charge in [0.15, 0.2) is 5.82 Å². The lowest BCUT2D eigenvalue weighted by molar-refractivity contribution is 0.434. The SMILES string of the molecule is CCCCc1c(C2CCCCC2)[nH]c(=O)n1Cc1ccc(-c2ccccc2-c2nnn[nH]2)cc1. The fourth-order valence-electron chi connectivity index (χ4n) is 5.22. The quantitative estimate of drug-likeness (QED) is 0.368. The van der Waals surface area contributed by atoms with Crippen LogP contribution >= 0.6 is 0 Å². The Labute approximate surface area is 199 Å². The smallest absolute Gasteiger partial charge is 0.309 e. The van der Waals surface area contributed by atoms with Crippen LogP contribution in [0.2, 0.25) is 0 Å². The van der Waals surface area contributed by atoms with E-state index >= 15 is 0 Å². The van der Waals surface area contributed by atoms with Gasteiger partial charge < -0.3 is 4.98 Å². The van der Waals surface area contributed by atoms with Crippen molar-refractivity contribution in [2.24, 2.45) is 0 Å². The average molecular weight is 457 g/mol. The second kappa shape index (κ2) is 10.2. The molecule has 0 aliphatic heterocycles. The average Bonchev–Trinajstić information content (AvgIpc) is 3.53. The van der Waals surface area contributed by atoms with Crippen molar-refractivity contribution in [3.8, 4) is 22.5 Å². The molecule has 1 saturated carbocycles. The van der Waals surface area contributed by atoms with Crippen LogP contribution < -0.4 is 5.69 Å². The van der Waals surface area contributed by atoms with E-state index in [1.807, 2.05) is 22.8 Å². The lowest BCUT2D eigenvalue weighted by Gasteiger charge is -2.22. The molecule has 7 heteroatoms. The largest absolute Gasteiger partial charge is 0.326 e. The van der Waals surface area contributed by atoms with Crippen LogP contribution in [0, 0.1) is 0 Å². The van der Waals surface area contributed by atoms with Crippen LogP contribution in [0.1, 0.15) is 74.7 Å². The first kappa shape index (κ1) is 22.3. The molecule has 1 fully saturated rings. The lowest BCUT2D eigenvalue weighted by atomic mass is 9.85. The fourth-order valence-corrected chi connectivity index (χ4v) is 5.22. The van der Waals surface area contributed by atoms with E-state index in [9.17, 15) is 4.79 Å². The number of tetrazole rings is 1. The lowest BCUT2D eigenvalue weighted by Crippen LogP contribution is -2.19. The van der Waals surface area contributed by atoms with Crippen molar-refractivity contribution in [3.63, 3.8) is 0 Å². The highest BCUT2D eigenvalue weighted by Gasteiger charge is 2.23. The predicted octanol–water partition coefficient (Wildman–Crippen LogP) is 5.46. The number of benzene rings is 2. The molecule has 2 aromatic carbocycles. The Bertz CT molecular complexity index is 1260. The van der Waals surface area contributed by atoms with E-state index in [0.29, 0.717) is 18.3 Å². The summed E-state index contributed by atoms with van der Waals surface area (Å²) in [5, 5.41) is 14.3. The van der Waals surface area contributed by atoms with Gasteiger partial charge in [0.2, 0.25) is 0 Å². The molecule has 0 amide bonds. The third-order valence-corrected chi connectivity index (χ3v) is 7.04. The third kappa shape index (κ3) is 4.60. The topological polar surface area (TPSA) is 92.2 Å². The molecule has 5 rings (SSSR count). The van der Waals surface area contributed by atoms with Crippen molar-refractivity contribution in [1.82, 2.24) is 30.2 Å². The predicted molar refractivity (Wildman–Crippen MR) is 134 cm³/mol. The number of hydrogen-bond acceptors (Lipinski definition) is 4. The number of nitrogens with zero attached hydrogens (tertiary/aromatic N) is 4. The van der Waals surface area contributed by atoms with Gasteiger partial charge in [-0.15, -0.1) is 5.10 Å². The molecule has 0 bridgehead atoms. The van der Waals surface area contributed by atoms with Crippen LogP contribution in [-0.4, -0.2) is 30.2 Å². The van der Waals surface area contributed by atoms with Gasteiger partial charge in [0.1, 0.15) is 0 Å². The summed E-state index contributed by atoms with van der Waals surface area (Å²) >= 11 is 0. The zero-order chi connectivity index (χ0) is 23.3. The standard InChI is InChI=1S/C27H32N6O/c1-2-3-13-24-25(21-9-5-4-6-10-21)28-27(34)33(24)18-19-14-16-20(17-15-19)22-11-7-8-12-23(22)26-29-31-32-30-26/h7-8,11-12,14-17,21H,2-6,9-10,13,18H2,1H3,(H,28,34)(H,29,30,31,32). The van der Waals surface area contributed by atoms with Gasteiger partial charge in [-0.1, -0.05) is 81.1 Å². The van der Waals surface area contributed by atoms with Crippen LogP contribution in [0.3, 0.4) is 0 Å². The van der Waals surface area contributed by atoms with E-state index in [1.165, 1.54) is 43.5 Å². The van der Waals surface area contributed by atoms with Crippen molar-refractivity contribution in [2.75, 3.05) is 0 Å². The van der Waals surface area contributed by atoms with Crippen LogP contribution in [0.15, 0.2) is 53.3 Å². The van der Waals surface area contributed by atoms with Crippen LogP contribution in [-0.2, 0) is 13.0 Å². The van der Waals surface area contributed by atoms with Crippen molar-refractivity contribution >= 4 is 0 Å². The van der Waals surface area contributed by atoms with E-state index in [2.05, 4.69) is 62.9 Å². The van der Waals surface area contributed by atoms with E-state index in [4.69, 9.17) is 0 Å². The summed E-state index contributed by atoms with van der Waals surface area (Å²) in [7, 11) is 0. The molecule has 0 unspecified atom stereocenters. The second-order valence-electron chi connectivity index (χ2n) is 9.31. The maximum absolute atomic E-state index is 13.0. The number of rotatable bonds is 8. The number of hydrogen-bond donors (Lipinski definition) is 2. The van der Waals surface area contributed by atoms with Crippen LogP contribution in [0.4, 0.5) is 0 Å². The number of imidazole rings is 1. The molecule has 176 valence electrons. The molecule has 0 radical (unpaired) electrons. The first-order valence-corrected chi connectivity index (χ1v) is 12.5. The van der Waals surface area contributed by atoms with Crippen molar-refractivity contribution < 1.29 is 0 Å². The van der Waals surface area contributed by atoms with Gasteiger partial charge in [-0.2, -0.15) is 0 Å². The Kier molecular flexibility index (Phi) is 6.70. The molecular formula is C27H32N6O. The highest BCUT2D eigenvalue weighted by atomic mass is 16.1. The molecule has 34 heavy (non-hydrogen) atoms. The Morgan fingerprint density at radius 2 is 1.76 bits per heavy atom. The highest BCUT2D eigenvalue weighted by molar-refractivity contribution is 5.80. The van der Waals surface area contributed by atoms with Crippen molar-refractivity contribution in [2.45, 2.75) is 70.8 Å². The fraction of sp³-hybridized carbons (Fsp3) is 0.407. The number of aromatic nitrogens is 6. The Hall–Kier alpha value is -3.48. The first-order chi connectivity index (χ1) is 16.7. The monoisotopic (exact) mass is 456 g/mol. The number of H-pyrrole nitrogens is 2. The minimum absolute atomic E-state index is 0.0268. The zero-order valence-electron chi connectivity index (χ0n) is 19.8. The molecule has 1 aliphatic carbocycles. The van der Waals surface area contributed by atoms with E-state index in [-0.39, 0.29) is 5.69 Å². The summed E-state index contributed by atoms with van der Waals surface area (Å²) in [4.78, 5) is 16.3. The van der Waals surface area contributed by atoms with Gasteiger partial charge in [-0.25, -0.2) is 9.89 Å². The molecule has 2 aromatic heterocycles.